The highest BCUT2D eigenvalue weighted by Gasteiger charge is 2.23. The predicted octanol–water partition coefficient (Wildman–Crippen LogP) is 0.482. The van der Waals surface area contributed by atoms with E-state index in [0.717, 1.165) is 6.42 Å². The molecule has 2 rings (SSSR count). The van der Waals surface area contributed by atoms with Crippen molar-refractivity contribution < 1.29 is 19.1 Å². The lowest BCUT2D eigenvalue weighted by atomic mass is 10.1. The van der Waals surface area contributed by atoms with Crippen LogP contribution in [0.3, 0.4) is 0 Å². The smallest absolute Gasteiger partial charge is 0.337 e. The molecule has 0 spiro atoms. The van der Waals surface area contributed by atoms with Gasteiger partial charge < -0.3 is 15.4 Å². The summed E-state index contributed by atoms with van der Waals surface area (Å²) in [5.74, 6) is -0.942. The molecule has 0 aromatic heterocycles. The Bertz CT molecular complexity index is 524. The molecule has 1 heterocycles. The van der Waals surface area contributed by atoms with Crippen LogP contribution in [0.5, 0.6) is 0 Å². The van der Waals surface area contributed by atoms with Gasteiger partial charge in [0.05, 0.1) is 12.7 Å². The Morgan fingerprint density at radius 2 is 1.90 bits per heavy atom. The topological polar surface area (TPSA) is 84.5 Å². The number of ether oxygens (including phenoxy) is 1. The third kappa shape index (κ3) is 3.14. The van der Waals surface area contributed by atoms with Crippen molar-refractivity contribution in [1.82, 2.24) is 10.6 Å². The molecule has 2 N–H and O–H groups in total. The van der Waals surface area contributed by atoms with Crippen molar-refractivity contribution in [3.8, 4) is 0 Å². The summed E-state index contributed by atoms with van der Waals surface area (Å²) < 4.78 is 4.58. The van der Waals surface area contributed by atoms with Crippen LogP contribution in [0.2, 0.25) is 0 Å². The molecule has 1 atom stereocenters. The van der Waals surface area contributed by atoms with E-state index in [1.807, 2.05) is 0 Å². The molecule has 106 valence electrons. The molecule has 1 aromatic carbocycles. The van der Waals surface area contributed by atoms with Crippen LogP contribution in [-0.4, -0.2) is 37.5 Å². The van der Waals surface area contributed by atoms with Crippen molar-refractivity contribution in [3.05, 3.63) is 35.4 Å². The third-order valence-corrected chi connectivity index (χ3v) is 3.16. The highest BCUT2D eigenvalue weighted by Crippen LogP contribution is 2.08. The summed E-state index contributed by atoms with van der Waals surface area (Å²) in [6, 6.07) is 5.60. The van der Waals surface area contributed by atoms with E-state index < -0.39 is 12.0 Å². The second kappa shape index (κ2) is 6.18. The summed E-state index contributed by atoms with van der Waals surface area (Å²) in [4.78, 5) is 34.8. The Hall–Kier alpha value is -2.37. The molecule has 6 nitrogen and oxygen atoms in total. The first-order valence-corrected chi connectivity index (χ1v) is 6.39. The molecule has 1 aromatic rings. The van der Waals surface area contributed by atoms with Crippen LogP contribution in [0.15, 0.2) is 24.3 Å². The number of benzene rings is 1. The van der Waals surface area contributed by atoms with Crippen LogP contribution < -0.4 is 10.6 Å². The van der Waals surface area contributed by atoms with Crippen molar-refractivity contribution in [1.29, 1.82) is 0 Å². The summed E-state index contributed by atoms with van der Waals surface area (Å²) in [5.41, 5.74) is 0.774. The Balaban J connectivity index is 2.02. The zero-order valence-electron chi connectivity index (χ0n) is 11.1. The van der Waals surface area contributed by atoms with E-state index in [-0.39, 0.29) is 11.8 Å². The maximum absolute atomic E-state index is 12.0. The Morgan fingerprint density at radius 1 is 1.25 bits per heavy atom. The first-order chi connectivity index (χ1) is 9.61. The fourth-order valence-corrected chi connectivity index (χ4v) is 2.03. The van der Waals surface area contributed by atoms with Crippen molar-refractivity contribution in [3.63, 3.8) is 0 Å². The molecule has 1 fully saturated rings. The highest BCUT2D eigenvalue weighted by atomic mass is 16.5. The van der Waals surface area contributed by atoms with Gasteiger partial charge in [0.25, 0.3) is 5.91 Å². The minimum Gasteiger partial charge on any atom is -0.465 e. The second-order valence-electron chi connectivity index (χ2n) is 4.53. The molecular weight excluding hydrogens is 260 g/mol. The van der Waals surface area contributed by atoms with Gasteiger partial charge in [-0.2, -0.15) is 0 Å². The monoisotopic (exact) mass is 276 g/mol. The molecule has 0 bridgehead atoms. The Morgan fingerprint density at radius 3 is 2.50 bits per heavy atom. The maximum atomic E-state index is 12.0. The van der Waals surface area contributed by atoms with Gasteiger partial charge in [0.1, 0.15) is 6.04 Å². The van der Waals surface area contributed by atoms with E-state index in [9.17, 15) is 14.4 Å². The van der Waals surface area contributed by atoms with Gasteiger partial charge >= 0.3 is 5.97 Å². The van der Waals surface area contributed by atoms with Gasteiger partial charge in [-0.15, -0.1) is 0 Å². The van der Waals surface area contributed by atoms with Crippen molar-refractivity contribution >= 4 is 17.8 Å². The second-order valence-corrected chi connectivity index (χ2v) is 4.53. The van der Waals surface area contributed by atoms with Crippen LogP contribution >= 0.6 is 0 Å². The fourth-order valence-electron chi connectivity index (χ4n) is 2.03. The molecule has 2 amide bonds. The maximum Gasteiger partial charge on any atom is 0.337 e. The summed E-state index contributed by atoms with van der Waals surface area (Å²) in [6.45, 7) is 0.652. The van der Waals surface area contributed by atoms with Gasteiger partial charge in [0, 0.05) is 12.1 Å². The molecule has 20 heavy (non-hydrogen) atoms. The van der Waals surface area contributed by atoms with E-state index in [2.05, 4.69) is 15.4 Å². The number of rotatable bonds is 3. The number of piperidine rings is 1. The van der Waals surface area contributed by atoms with Crippen LogP contribution in [0, 0.1) is 0 Å². The van der Waals surface area contributed by atoms with Crippen LogP contribution in [0.1, 0.15) is 33.6 Å². The minimum atomic E-state index is -0.489. The fraction of sp³-hybridized carbons (Fsp3) is 0.357. The summed E-state index contributed by atoms with van der Waals surface area (Å²) in [6.07, 6.45) is 1.48. The van der Waals surface area contributed by atoms with Crippen molar-refractivity contribution in [2.24, 2.45) is 0 Å². The number of carbonyl (C=O) groups excluding carboxylic acids is 3. The van der Waals surface area contributed by atoms with Gasteiger partial charge in [-0.05, 0) is 37.1 Å². The van der Waals surface area contributed by atoms with Gasteiger partial charge in [0.2, 0.25) is 5.91 Å². The van der Waals surface area contributed by atoms with E-state index in [1.165, 1.54) is 31.4 Å². The number of nitrogens with one attached hydrogen (secondary N) is 2. The van der Waals surface area contributed by atoms with E-state index >= 15 is 0 Å². The van der Waals surface area contributed by atoms with Crippen molar-refractivity contribution in [2.45, 2.75) is 18.9 Å². The average molecular weight is 276 g/mol. The number of hydrogen-bond donors (Lipinski definition) is 2. The first kappa shape index (κ1) is 14.0. The lowest BCUT2D eigenvalue weighted by Gasteiger charge is -2.22. The van der Waals surface area contributed by atoms with Gasteiger partial charge in [0.15, 0.2) is 0 Å². The first-order valence-electron chi connectivity index (χ1n) is 6.39. The predicted molar refractivity (Wildman–Crippen MR) is 71.3 cm³/mol. The Kier molecular flexibility index (Phi) is 4.34. The SMILES string of the molecule is COC(=O)c1ccc(C(=O)N[C@@H]2CCCNC2=O)cc1. The van der Waals surface area contributed by atoms with Crippen LogP contribution in [0.4, 0.5) is 0 Å². The number of methoxy groups -OCH3 is 1. The summed E-state index contributed by atoms with van der Waals surface area (Å²) in [7, 11) is 1.30. The lowest BCUT2D eigenvalue weighted by Crippen LogP contribution is -2.50. The highest BCUT2D eigenvalue weighted by molar-refractivity contribution is 5.98. The lowest BCUT2D eigenvalue weighted by molar-refractivity contribution is -0.124. The Labute approximate surface area is 116 Å². The molecule has 1 saturated heterocycles. The summed E-state index contributed by atoms with van der Waals surface area (Å²) in [5, 5.41) is 5.39. The molecule has 1 aliphatic heterocycles. The molecule has 0 saturated carbocycles. The average Bonchev–Trinajstić information content (AvgIpc) is 2.49. The standard InChI is InChI=1S/C14H16N2O4/c1-20-14(19)10-6-4-9(5-7-10)12(17)16-11-3-2-8-15-13(11)18/h4-7,11H,2-3,8H2,1H3,(H,15,18)(H,16,17)/t11-/m1/s1. The normalized spacial score (nSPS) is 18.1. The number of amides is 2. The van der Waals surface area contributed by atoms with Crippen LogP contribution in [0.25, 0.3) is 0 Å². The summed E-state index contributed by atoms with van der Waals surface area (Å²) >= 11 is 0. The zero-order valence-corrected chi connectivity index (χ0v) is 11.1. The van der Waals surface area contributed by atoms with E-state index in [4.69, 9.17) is 0 Å². The van der Waals surface area contributed by atoms with E-state index in [0.29, 0.717) is 24.1 Å². The largest absolute Gasteiger partial charge is 0.465 e. The van der Waals surface area contributed by atoms with Crippen molar-refractivity contribution in [2.75, 3.05) is 13.7 Å². The van der Waals surface area contributed by atoms with Crippen LogP contribution in [-0.2, 0) is 9.53 Å². The van der Waals surface area contributed by atoms with Gasteiger partial charge in [-0.25, -0.2) is 4.79 Å². The minimum absolute atomic E-state index is 0.157. The molecule has 0 aliphatic carbocycles. The van der Waals surface area contributed by atoms with Gasteiger partial charge in [-0.3, -0.25) is 9.59 Å². The molecule has 6 heteroatoms. The molecule has 0 radical (unpaired) electrons. The zero-order chi connectivity index (χ0) is 14.5. The number of esters is 1. The quantitative estimate of drug-likeness (QED) is 0.786. The van der Waals surface area contributed by atoms with E-state index in [1.54, 1.807) is 0 Å². The number of hydrogen-bond acceptors (Lipinski definition) is 4. The molecule has 1 aliphatic rings. The third-order valence-electron chi connectivity index (χ3n) is 3.16. The van der Waals surface area contributed by atoms with Gasteiger partial charge in [-0.1, -0.05) is 0 Å². The molecule has 0 unspecified atom stereocenters. The number of carbonyl (C=O) groups is 3. The molecular formula is C14H16N2O4.